The van der Waals surface area contributed by atoms with E-state index in [1.54, 1.807) is 24.3 Å². The lowest BCUT2D eigenvalue weighted by Crippen LogP contribution is -2.38. The Kier molecular flexibility index (Phi) is 5.87. The van der Waals surface area contributed by atoms with Gasteiger partial charge in [0, 0.05) is 25.5 Å². The molecular formula is C22H17FN4O4S. The van der Waals surface area contributed by atoms with Crippen LogP contribution in [0.15, 0.2) is 58.2 Å². The second kappa shape index (κ2) is 8.75. The molecule has 8 nitrogen and oxygen atoms in total. The Bertz CT molecular complexity index is 1330. The molecule has 0 radical (unpaired) electrons. The Hall–Kier alpha value is -3.79. The molecule has 1 fully saturated rings. The van der Waals surface area contributed by atoms with Crippen LogP contribution in [0.4, 0.5) is 9.18 Å². The summed E-state index contributed by atoms with van der Waals surface area (Å²) in [6, 6.07) is 12.2. The third-order valence-corrected chi connectivity index (χ3v) is 5.74. The Morgan fingerprint density at radius 1 is 1.09 bits per heavy atom. The van der Waals surface area contributed by atoms with Crippen molar-refractivity contribution in [1.82, 2.24) is 20.0 Å². The van der Waals surface area contributed by atoms with Gasteiger partial charge < -0.3 is 5.32 Å². The summed E-state index contributed by atoms with van der Waals surface area (Å²) in [6.45, 7) is -0.0135. The highest BCUT2D eigenvalue weighted by molar-refractivity contribution is 8.18. The fourth-order valence-corrected chi connectivity index (χ4v) is 4.10. The maximum atomic E-state index is 13.0. The van der Waals surface area contributed by atoms with Crippen molar-refractivity contribution in [3.63, 3.8) is 0 Å². The SMILES string of the molecule is Cn1nc(C(=O)NCCN2C(=O)SC(=Cc3ccc(F)cc3)C2=O)c2ccccc2c1=O. The molecule has 32 heavy (non-hydrogen) atoms. The van der Waals surface area contributed by atoms with Gasteiger partial charge in [0.1, 0.15) is 5.82 Å². The van der Waals surface area contributed by atoms with Gasteiger partial charge in [-0.1, -0.05) is 30.3 Å². The number of carbonyl (C=O) groups excluding carboxylic acids is 3. The summed E-state index contributed by atoms with van der Waals surface area (Å²) in [5.74, 6) is -1.40. The van der Waals surface area contributed by atoms with Gasteiger partial charge in [-0.25, -0.2) is 9.07 Å². The number of nitrogens with one attached hydrogen (secondary N) is 1. The number of benzene rings is 2. The first-order chi connectivity index (χ1) is 15.3. The van der Waals surface area contributed by atoms with Crippen molar-refractivity contribution in [2.75, 3.05) is 13.1 Å². The lowest BCUT2D eigenvalue weighted by atomic mass is 10.1. The number of aromatic nitrogens is 2. The number of hydrogen-bond donors (Lipinski definition) is 1. The topological polar surface area (TPSA) is 101 Å². The van der Waals surface area contributed by atoms with Crippen LogP contribution in [-0.2, 0) is 11.8 Å². The van der Waals surface area contributed by atoms with Gasteiger partial charge in [-0.15, -0.1) is 0 Å². The van der Waals surface area contributed by atoms with Gasteiger partial charge in [-0.05, 0) is 41.6 Å². The molecule has 2 aromatic carbocycles. The number of carbonyl (C=O) groups is 3. The van der Waals surface area contributed by atoms with Gasteiger partial charge in [0.25, 0.3) is 22.6 Å². The van der Waals surface area contributed by atoms with Gasteiger partial charge in [0.15, 0.2) is 5.69 Å². The minimum absolute atomic E-state index is 0.0134. The van der Waals surface area contributed by atoms with Crippen LogP contribution in [0.1, 0.15) is 16.1 Å². The molecule has 3 amide bonds. The molecule has 0 atom stereocenters. The monoisotopic (exact) mass is 452 g/mol. The normalized spacial score (nSPS) is 15.1. The number of imide groups is 1. The van der Waals surface area contributed by atoms with Crippen LogP contribution in [0.3, 0.4) is 0 Å². The smallest absolute Gasteiger partial charge is 0.293 e. The van der Waals surface area contributed by atoms with E-state index < -0.39 is 22.9 Å². The molecule has 1 aliphatic rings. The van der Waals surface area contributed by atoms with Crippen LogP contribution in [0.5, 0.6) is 0 Å². The van der Waals surface area contributed by atoms with Crippen molar-refractivity contribution >= 4 is 45.7 Å². The summed E-state index contributed by atoms with van der Waals surface area (Å²) in [6.07, 6.45) is 1.52. The minimum Gasteiger partial charge on any atom is -0.349 e. The van der Waals surface area contributed by atoms with Crippen molar-refractivity contribution in [2.24, 2.45) is 7.05 Å². The van der Waals surface area contributed by atoms with Gasteiger partial charge in [-0.3, -0.25) is 24.1 Å². The van der Waals surface area contributed by atoms with E-state index in [0.29, 0.717) is 16.3 Å². The Morgan fingerprint density at radius 3 is 2.50 bits per heavy atom. The predicted octanol–water partition coefficient (Wildman–Crippen LogP) is 2.54. The number of amides is 3. The van der Waals surface area contributed by atoms with Gasteiger partial charge >= 0.3 is 0 Å². The van der Waals surface area contributed by atoms with Crippen molar-refractivity contribution < 1.29 is 18.8 Å². The lowest BCUT2D eigenvalue weighted by molar-refractivity contribution is -0.122. The Labute approximate surface area is 185 Å². The average molecular weight is 452 g/mol. The van der Waals surface area contributed by atoms with Gasteiger partial charge in [0.05, 0.1) is 10.3 Å². The molecular weight excluding hydrogens is 435 g/mol. The molecule has 1 N–H and O–H groups in total. The van der Waals surface area contributed by atoms with Crippen molar-refractivity contribution in [3.8, 4) is 0 Å². The fourth-order valence-electron chi connectivity index (χ4n) is 3.24. The largest absolute Gasteiger partial charge is 0.349 e. The number of fused-ring (bicyclic) bond motifs is 1. The summed E-state index contributed by atoms with van der Waals surface area (Å²) in [7, 11) is 1.46. The number of thioether (sulfide) groups is 1. The molecule has 0 bridgehead atoms. The minimum atomic E-state index is -0.523. The van der Waals surface area contributed by atoms with Gasteiger partial charge in [0.2, 0.25) is 0 Å². The number of aryl methyl sites for hydroxylation is 1. The Balaban J connectivity index is 1.44. The van der Waals surface area contributed by atoms with E-state index >= 15 is 0 Å². The molecule has 10 heteroatoms. The molecule has 1 saturated heterocycles. The van der Waals surface area contributed by atoms with Crippen LogP contribution < -0.4 is 10.9 Å². The molecule has 0 saturated carbocycles. The highest BCUT2D eigenvalue weighted by Gasteiger charge is 2.34. The van der Waals surface area contributed by atoms with Crippen molar-refractivity contribution in [1.29, 1.82) is 0 Å². The lowest BCUT2D eigenvalue weighted by Gasteiger charge is -2.13. The van der Waals surface area contributed by atoms with E-state index in [1.165, 1.54) is 37.4 Å². The number of rotatable bonds is 5. The average Bonchev–Trinajstić information content (AvgIpc) is 3.05. The number of nitrogens with zero attached hydrogens (tertiary/aromatic N) is 3. The molecule has 162 valence electrons. The zero-order chi connectivity index (χ0) is 22.8. The first-order valence-electron chi connectivity index (χ1n) is 9.60. The summed E-state index contributed by atoms with van der Waals surface area (Å²) >= 11 is 0.783. The van der Waals surface area contributed by atoms with E-state index in [1.807, 2.05) is 0 Å². The van der Waals surface area contributed by atoms with E-state index in [4.69, 9.17) is 0 Å². The number of hydrogen-bond acceptors (Lipinski definition) is 6. The van der Waals surface area contributed by atoms with Crippen LogP contribution in [-0.4, -0.2) is 44.8 Å². The predicted molar refractivity (Wildman–Crippen MR) is 118 cm³/mol. The molecule has 1 aromatic heterocycles. The van der Waals surface area contributed by atoms with E-state index in [-0.39, 0.29) is 29.2 Å². The number of halogens is 1. The molecule has 0 unspecified atom stereocenters. The van der Waals surface area contributed by atoms with E-state index in [2.05, 4.69) is 10.4 Å². The third-order valence-electron chi connectivity index (χ3n) is 4.83. The second-order valence-corrected chi connectivity index (χ2v) is 7.96. The maximum absolute atomic E-state index is 13.0. The Morgan fingerprint density at radius 2 is 1.78 bits per heavy atom. The summed E-state index contributed by atoms with van der Waals surface area (Å²) < 4.78 is 14.1. The third kappa shape index (κ3) is 4.17. The molecule has 4 rings (SSSR count). The zero-order valence-corrected chi connectivity index (χ0v) is 17.7. The standard InChI is InChI=1S/C22H17FN4O4S/c1-26-20(29)16-5-3-2-4-15(16)18(25-26)19(28)24-10-11-27-21(30)17(32-22(27)31)12-13-6-8-14(23)9-7-13/h2-9,12H,10-11H2,1H3,(H,24,28). The fraction of sp³-hybridized carbons (Fsp3) is 0.136. The van der Waals surface area contributed by atoms with E-state index in [0.717, 1.165) is 21.3 Å². The quantitative estimate of drug-likeness (QED) is 0.597. The van der Waals surface area contributed by atoms with Gasteiger partial charge in [-0.2, -0.15) is 5.10 Å². The van der Waals surface area contributed by atoms with Crippen molar-refractivity contribution in [2.45, 2.75) is 0 Å². The summed E-state index contributed by atoms with van der Waals surface area (Å²) in [5.41, 5.74) is 0.355. The molecule has 0 spiro atoms. The molecule has 2 heterocycles. The highest BCUT2D eigenvalue weighted by atomic mass is 32.2. The summed E-state index contributed by atoms with van der Waals surface area (Å²) in [4.78, 5) is 50.9. The molecule has 1 aliphatic heterocycles. The van der Waals surface area contributed by atoms with Crippen molar-refractivity contribution in [3.05, 3.63) is 80.9 Å². The second-order valence-electron chi connectivity index (χ2n) is 6.96. The zero-order valence-electron chi connectivity index (χ0n) is 16.9. The van der Waals surface area contributed by atoms with E-state index in [9.17, 15) is 23.6 Å². The van der Waals surface area contributed by atoms with Crippen LogP contribution >= 0.6 is 11.8 Å². The maximum Gasteiger partial charge on any atom is 0.293 e. The first kappa shape index (κ1) is 21.4. The van der Waals surface area contributed by atoms with Crippen LogP contribution in [0.2, 0.25) is 0 Å². The summed E-state index contributed by atoms with van der Waals surface area (Å²) in [5, 5.41) is 7.02. The first-order valence-corrected chi connectivity index (χ1v) is 10.4. The molecule has 3 aromatic rings. The van der Waals surface area contributed by atoms with Crippen LogP contribution in [0.25, 0.3) is 16.8 Å². The highest BCUT2D eigenvalue weighted by Crippen LogP contribution is 2.31. The molecule has 0 aliphatic carbocycles. The van der Waals surface area contributed by atoms with Crippen LogP contribution in [0, 0.1) is 5.82 Å².